The molecular formula is C11H20N6. The minimum absolute atomic E-state index is 0.259. The van der Waals surface area contributed by atoms with E-state index in [2.05, 4.69) is 25.6 Å². The van der Waals surface area contributed by atoms with Crippen LogP contribution in [0.4, 0.5) is 17.8 Å². The molecule has 0 atom stereocenters. The zero-order valence-electron chi connectivity index (χ0n) is 10.2. The van der Waals surface area contributed by atoms with Gasteiger partial charge in [0.1, 0.15) is 0 Å². The van der Waals surface area contributed by atoms with Crippen molar-refractivity contribution < 1.29 is 0 Å². The van der Waals surface area contributed by atoms with Gasteiger partial charge < -0.3 is 16.4 Å². The Kier molecular flexibility index (Phi) is 3.95. The average molecular weight is 236 g/mol. The molecule has 0 saturated heterocycles. The van der Waals surface area contributed by atoms with Gasteiger partial charge in [-0.15, -0.1) is 0 Å². The Bertz CT molecular complexity index is 361. The van der Waals surface area contributed by atoms with Crippen LogP contribution in [0.25, 0.3) is 0 Å². The lowest BCUT2D eigenvalue weighted by Gasteiger charge is -2.22. The number of nitrogen functional groups attached to an aromatic ring is 1. The van der Waals surface area contributed by atoms with Crippen molar-refractivity contribution in [3.63, 3.8) is 0 Å². The van der Waals surface area contributed by atoms with Gasteiger partial charge in [-0.2, -0.15) is 15.0 Å². The zero-order valence-corrected chi connectivity index (χ0v) is 10.2. The van der Waals surface area contributed by atoms with Crippen LogP contribution in [0.15, 0.2) is 0 Å². The Balaban J connectivity index is 2.03. The number of nitrogens with two attached hydrogens (primary N) is 1. The van der Waals surface area contributed by atoms with Crippen LogP contribution in [0.1, 0.15) is 39.0 Å². The number of hydrogen-bond donors (Lipinski definition) is 3. The summed E-state index contributed by atoms with van der Waals surface area (Å²) in [5, 5.41) is 6.38. The highest BCUT2D eigenvalue weighted by Crippen LogP contribution is 2.20. The highest BCUT2D eigenvalue weighted by Gasteiger charge is 2.14. The number of anilines is 3. The predicted octanol–water partition coefficient (Wildman–Crippen LogP) is 1.63. The molecule has 1 aromatic rings. The van der Waals surface area contributed by atoms with E-state index >= 15 is 0 Å². The molecule has 1 saturated carbocycles. The van der Waals surface area contributed by atoms with Crippen molar-refractivity contribution in [3.8, 4) is 0 Å². The maximum atomic E-state index is 5.65. The van der Waals surface area contributed by atoms with E-state index in [1.165, 1.54) is 32.1 Å². The number of aromatic nitrogens is 3. The number of nitrogens with one attached hydrogen (secondary N) is 2. The standard InChI is InChI=1S/C11H20N6/c1-2-13-10-15-9(12)16-11(17-10)14-8-6-4-3-5-7-8/h8H,2-7H2,1H3,(H4,12,13,14,15,16,17). The van der Waals surface area contributed by atoms with Crippen molar-refractivity contribution in [2.75, 3.05) is 22.9 Å². The van der Waals surface area contributed by atoms with Crippen LogP contribution in [0.2, 0.25) is 0 Å². The van der Waals surface area contributed by atoms with E-state index in [0.717, 1.165) is 6.54 Å². The van der Waals surface area contributed by atoms with Gasteiger partial charge in [-0.1, -0.05) is 19.3 Å². The second-order valence-electron chi connectivity index (χ2n) is 4.35. The van der Waals surface area contributed by atoms with E-state index in [-0.39, 0.29) is 5.95 Å². The Morgan fingerprint density at radius 2 is 1.82 bits per heavy atom. The maximum Gasteiger partial charge on any atom is 0.229 e. The molecule has 1 aromatic heterocycles. The SMILES string of the molecule is CCNc1nc(N)nc(NC2CCCCC2)n1. The van der Waals surface area contributed by atoms with Crippen LogP contribution in [-0.4, -0.2) is 27.5 Å². The molecular weight excluding hydrogens is 216 g/mol. The summed E-state index contributed by atoms with van der Waals surface area (Å²) in [6.07, 6.45) is 6.25. The Hall–Kier alpha value is -1.59. The molecule has 6 heteroatoms. The minimum atomic E-state index is 0.259. The summed E-state index contributed by atoms with van der Waals surface area (Å²) in [5.74, 6) is 1.38. The van der Waals surface area contributed by atoms with E-state index in [0.29, 0.717) is 17.9 Å². The van der Waals surface area contributed by atoms with Gasteiger partial charge in [0.15, 0.2) is 0 Å². The first-order chi connectivity index (χ1) is 8.28. The summed E-state index contributed by atoms with van der Waals surface area (Å²) in [6, 6.07) is 0.472. The molecule has 1 heterocycles. The molecule has 94 valence electrons. The molecule has 0 aromatic carbocycles. The normalized spacial score (nSPS) is 16.8. The second-order valence-corrected chi connectivity index (χ2v) is 4.35. The molecule has 4 N–H and O–H groups in total. The molecule has 6 nitrogen and oxygen atoms in total. The predicted molar refractivity (Wildman–Crippen MR) is 68.9 cm³/mol. The van der Waals surface area contributed by atoms with Crippen molar-refractivity contribution >= 4 is 17.8 Å². The lowest BCUT2D eigenvalue weighted by molar-refractivity contribution is 0.461. The smallest absolute Gasteiger partial charge is 0.229 e. The molecule has 1 aliphatic rings. The monoisotopic (exact) mass is 236 g/mol. The van der Waals surface area contributed by atoms with Crippen LogP contribution in [-0.2, 0) is 0 Å². The van der Waals surface area contributed by atoms with Crippen LogP contribution < -0.4 is 16.4 Å². The van der Waals surface area contributed by atoms with Gasteiger partial charge >= 0.3 is 0 Å². The summed E-state index contributed by atoms with van der Waals surface area (Å²) in [4.78, 5) is 12.4. The largest absolute Gasteiger partial charge is 0.368 e. The molecule has 0 spiro atoms. The highest BCUT2D eigenvalue weighted by atomic mass is 15.2. The maximum absolute atomic E-state index is 5.65. The van der Waals surface area contributed by atoms with Crippen LogP contribution >= 0.6 is 0 Å². The summed E-state index contributed by atoms with van der Waals surface area (Å²) in [7, 11) is 0. The highest BCUT2D eigenvalue weighted by molar-refractivity contribution is 5.40. The fourth-order valence-electron chi connectivity index (χ4n) is 2.12. The van der Waals surface area contributed by atoms with Crippen molar-refractivity contribution in [2.45, 2.75) is 45.1 Å². The van der Waals surface area contributed by atoms with Gasteiger partial charge in [-0.25, -0.2) is 0 Å². The van der Waals surface area contributed by atoms with Gasteiger partial charge in [0.25, 0.3) is 0 Å². The summed E-state index contributed by atoms with van der Waals surface area (Å²) >= 11 is 0. The first-order valence-corrected chi connectivity index (χ1v) is 6.30. The molecule has 0 aliphatic heterocycles. The third-order valence-electron chi connectivity index (χ3n) is 2.93. The molecule has 17 heavy (non-hydrogen) atoms. The molecule has 0 unspecified atom stereocenters. The number of nitrogens with zero attached hydrogens (tertiary/aromatic N) is 3. The van der Waals surface area contributed by atoms with Gasteiger partial charge in [0.05, 0.1) is 0 Å². The number of rotatable bonds is 4. The lowest BCUT2D eigenvalue weighted by atomic mass is 9.96. The molecule has 0 bridgehead atoms. The quantitative estimate of drug-likeness (QED) is 0.736. The van der Waals surface area contributed by atoms with Gasteiger partial charge in [-0.05, 0) is 19.8 Å². The molecule has 1 fully saturated rings. The fraction of sp³-hybridized carbons (Fsp3) is 0.727. The van der Waals surface area contributed by atoms with Gasteiger partial charge in [0, 0.05) is 12.6 Å². The van der Waals surface area contributed by atoms with Crippen LogP contribution in [0.3, 0.4) is 0 Å². The van der Waals surface area contributed by atoms with Crippen LogP contribution in [0, 0.1) is 0 Å². The average Bonchev–Trinajstić information content (AvgIpc) is 2.30. The zero-order chi connectivity index (χ0) is 12.1. The topological polar surface area (TPSA) is 88.8 Å². The van der Waals surface area contributed by atoms with E-state index in [4.69, 9.17) is 5.73 Å². The third-order valence-corrected chi connectivity index (χ3v) is 2.93. The Morgan fingerprint density at radius 1 is 1.12 bits per heavy atom. The van der Waals surface area contributed by atoms with Crippen molar-refractivity contribution in [1.29, 1.82) is 0 Å². The molecule has 2 rings (SSSR count). The molecule has 1 aliphatic carbocycles. The summed E-state index contributed by atoms with van der Waals surface area (Å²) < 4.78 is 0. The first kappa shape index (κ1) is 11.9. The Labute approximate surface area is 101 Å². The molecule has 0 amide bonds. The lowest BCUT2D eigenvalue weighted by Crippen LogP contribution is -2.24. The summed E-state index contributed by atoms with van der Waals surface area (Å²) in [6.45, 7) is 2.76. The minimum Gasteiger partial charge on any atom is -0.368 e. The van der Waals surface area contributed by atoms with E-state index in [1.807, 2.05) is 6.92 Å². The first-order valence-electron chi connectivity index (χ1n) is 6.30. The summed E-state index contributed by atoms with van der Waals surface area (Å²) in [5.41, 5.74) is 5.65. The second kappa shape index (κ2) is 5.65. The van der Waals surface area contributed by atoms with E-state index < -0.39 is 0 Å². The fourth-order valence-corrected chi connectivity index (χ4v) is 2.12. The van der Waals surface area contributed by atoms with E-state index in [1.54, 1.807) is 0 Å². The Morgan fingerprint density at radius 3 is 2.53 bits per heavy atom. The van der Waals surface area contributed by atoms with Gasteiger partial charge in [-0.3, -0.25) is 0 Å². The van der Waals surface area contributed by atoms with Crippen molar-refractivity contribution in [2.24, 2.45) is 0 Å². The van der Waals surface area contributed by atoms with E-state index in [9.17, 15) is 0 Å². The van der Waals surface area contributed by atoms with Crippen molar-refractivity contribution in [3.05, 3.63) is 0 Å². The number of hydrogen-bond acceptors (Lipinski definition) is 6. The van der Waals surface area contributed by atoms with Gasteiger partial charge in [0.2, 0.25) is 17.8 Å². The molecule has 0 radical (unpaired) electrons. The third kappa shape index (κ3) is 3.44. The van der Waals surface area contributed by atoms with Crippen LogP contribution in [0.5, 0.6) is 0 Å². The van der Waals surface area contributed by atoms with Crippen molar-refractivity contribution in [1.82, 2.24) is 15.0 Å².